The fraction of sp³-hybridized carbons (Fsp3) is 0.500. The molecule has 0 saturated heterocycles. The zero-order valence-electron chi connectivity index (χ0n) is 11.7. The number of nitrogen functional groups attached to an aromatic ring is 1. The summed E-state index contributed by atoms with van der Waals surface area (Å²) in [4.78, 5) is 12.1. The number of nitrogens with two attached hydrogens (primary N) is 1. The number of benzene rings is 1. The van der Waals surface area contributed by atoms with Crippen molar-refractivity contribution in [1.29, 1.82) is 0 Å². The Kier molecular flexibility index (Phi) is 6.74. The van der Waals surface area contributed by atoms with Gasteiger partial charge in [0.05, 0.1) is 12.2 Å². The molecule has 0 atom stereocenters. The van der Waals surface area contributed by atoms with Crippen LogP contribution in [0.25, 0.3) is 0 Å². The lowest BCUT2D eigenvalue weighted by molar-refractivity contribution is 0.0938. The van der Waals surface area contributed by atoms with Crippen molar-refractivity contribution in [2.75, 3.05) is 37.9 Å². The lowest BCUT2D eigenvalue weighted by Gasteiger charge is -2.12. The molecule has 0 spiro atoms. The Morgan fingerprint density at radius 2 is 2.16 bits per heavy atom. The predicted octanol–water partition coefficient (Wildman–Crippen LogP) is 1.86. The summed E-state index contributed by atoms with van der Waals surface area (Å²) in [7, 11) is 1.60. The Hall–Kier alpha value is -1.75. The van der Waals surface area contributed by atoms with E-state index in [0.29, 0.717) is 24.4 Å². The first-order valence-corrected chi connectivity index (χ1v) is 6.59. The van der Waals surface area contributed by atoms with Crippen LogP contribution in [0.15, 0.2) is 18.2 Å². The molecule has 0 heterocycles. The molecule has 1 aromatic carbocycles. The molecule has 0 radical (unpaired) electrons. The average Bonchev–Trinajstić information content (AvgIpc) is 2.40. The summed E-state index contributed by atoms with van der Waals surface area (Å²) < 4.78 is 4.91. The van der Waals surface area contributed by atoms with Crippen molar-refractivity contribution in [1.82, 2.24) is 5.32 Å². The standard InChI is InChI=1S/C14H23N3O2/c1-3-4-7-16-13-6-5-11(15)10-12(13)14(18)17-8-9-19-2/h5-6,10,16H,3-4,7-9,15H2,1-2H3,(H,17,18). The topological polar surface area (TPSA) is 76.4 Å². The number of methoxy groups -OCH3 is 1. The Morgan fingerprint density at radius 1 is 1.37 bits per heavy atom. The van der Waals surface area contributed by atoms with Crippen molar-refractivity contribution in [2.45, 2.75) is 19.8 Å². The van der Waals surface area contributed by atoms with E-state index in [-0.39, 0.29) is 5.91 Å². The Bertz CT molecular complexity index is 408. The molecule has 1 amide bonds. The molecule has 5 nitrogen and oxygen atoms in total. The minimum atomic E-state index is -0.136. The minimum Gasteiger partial charge on any atom is -0.399 e. The van der Waals surface area contributed by atoms with E-state index in [1.165, 1.54) is 0 Å². The number of carbonyl (C=O) groups is 1. The van der Waals surface area contributed by atoms with Crippen LogP contribution in [0.5, 0.6) is 0 Å². The lowest BCUT2D eigenvalue weighted by Crippen LogP contribution is -2.27. The normalized spacial score (nSPS) is 10.2. The molecule has 0 aliphatic rings. The highest BCUT2D eigenvalue weighted by Gasteiger charge is 2.11. The third-order valence-corrected chi connectivity index (χ3v) is 2.73. The molecule has 4 N–H and O–H groups in total. The number of hydrogen-bond acceptors (Lipinski definition) is 4. The van der Waals surface area contributed by atoms with Crippen molar-refractivity contribution in [2.24, 2.45) is 0 Å². The second-order valence-electron chi connectivity index (χ2n) is 4.33. The van der Waals surface area contributed by atoms with Crippen LogP contribution < -0.4 is 16.4 Å². The molecule has 0 aliphatic heterocycles. The summed E-state index contributed by atoms with van der Waals surface area (Å²) in [5, 5.41) is 6.06. The molecule has 5 heteroatoms. The number of ether oxygens (including phenoxy) is 1. The van der Waals surface area contributed by atoms with Crippen molar-refractivity contribution in [3.8, 4) is 0 Å². The van der Waals surface area contributed by atoms with Crippen LogP contribution in [0.1, 0.15) is 30.1 Å². The highest BCUT2D eigenvalue weighted by molar-refractivity contribution is 6.00. The third kappa shape index (κ3) is 5.18. The van der Waals surface area contributed by atoms with Gasteiger partial charge < -0.3 is 21.1 Å². The van der Waals surface area contributed by atoms with Gasteiger partial charge in [0.15, 0.2) is 0 Å². The van der Waals surface area contributed by atoms with Gasteiger partial charge in [-0.3, -0.25) is 4.79 Å². The molecule has 1 aromatic rings. The number of rotatable bonds is 8. The molecule has 19 heavy (non-hydrogen) atoms. The van der Waals surface area contributed by atoms with Crippen molar-refractivity contribution in [3.63, 3.8) is 0 Å². The van der Waals surface area contributed by atoms with E-state index < -0.39 is 0 Å². The smallest absolute Gasteiger partial charge is 0.253 e. The van der Waals surface area contributed by atoms with Gasteiger partial charge in [0.25, 0.3) is 5.91 Å². The van der Waals surface area contributed by atoms with E-state index in [9.17, 15) is 4.79 Å². The van der Waals surface area contributed by atoms with E-state index in [0.717, 1.165) is 25.1 Å². The van der Waals surface area contributed by atoms with Crippen LogP contribution in [0.4, 0.5) is 11.4 Å². The fourth-order valence-corrected chi connectivity index (χ4v) is 1.67. The van der Waals surface area contributed by atoms with E-state index in [2.05, 4.69) is 17.6 Å². The Balaban J connectivity index is 2.72. The van der Waals surface area contributed by atoms with Gasteiger partial charge in [-0.05, 0) is 24.6 Å². The van der Waals surface area contributed by atoms with Crippen LogP contribution in [0.3, 0.4) is 0 Å². The van der Waals surface area contributed by atoms with Crippen molar-refractivity contribution < 1.29 is 9.53 Å². The average molecular weight is 265 g/mol. The van der Waals surface area contributed by atoms with Crippen LogP contribution in [0.2, 0.25) is 0 Å². The number of amides is 1. The van der Waals surface area contributed by atoms with Crippen molar-refractivity contribution in [3.05, 3.63) is 23.8 Å². The Labute approximate surface area is 114 Å². The van der Waals surface area contributed by atoms with Gasteiger partial charge in [-0.15, -0.1) is 0 Å². The molecule has 0 aromatic heterocycles. The first-order valence-electron chi connectivity index (χ1n) is 6.59. The fourth-order valence-electron chi connectivity index (χ4n) is 1.67. The monoisotopic (exact) mass is 265 g/mol. The van der Waals surface area contributed by atoms with Gasteiger partial charge in [-0.2, -0.15) is 0 Å². The number of unbranched alkanes of at least 4 members (excludes halogenated alkanes) is 1. The maximum absolute atomic E-state index is 12.1. The lowest BCUT2D eigenvalue weighted by atomic mass is 10.1. The summed E-state index contributed by atoms with van der Waals surface area (Å²) in [5.74, 6) is -0.136. The van der Waals surface area contributed by atoms with Gasteiger partial charge in [-0.1, -0.05) is 13.3 Å². The zero-order chi connectivity index (χ0) is 14.1. The largest absolute Gasteiger partial charge is 0.399 e. The second kappa shape index (κ2) is 8.37. The van der Waals surface area contributed by atoms with Crippen LogP contribution >= 0.6 is 0 Å². The molecule has 0 unspecified atom stereocenters. The van der Waals surface area contributed by atoms with E-state index in [1.54, 1.807) is 19.2 Å². The number of nitrogens with one attached hydrogen (secondary N) is 2. The highest BCUT2D eigenvalue weighted by Crippen LogP contribution is 2.19. The molecular formula is C14H23N3O2. The highest BCUT2D eigenvalue weighted by atomic mass is 16.5. The Morgan fingerprint density at radius 3 is 2.84 bits per heavy atom. The van der Waals surface area contributed by atoms with Gasteiger partial charge in [0.2, 0.25) is 0 Å². The summed E-state index contributed by atoms with van der Waals surface area (Å²) in [6.45, 7) is 3.95. The summed E-state index contributed by atoms with van der Waals surface area (Å²) in [6.07, 6.45) is 2.17. The summed E-state index contributed by atoms with van der Waals surface area (Å²) >= 11 is 0. The van der Waals surface area contributed by atoms with Crippen molar-refractivity contribution >= 4 is 17.3 Å². The molecule has 1 rings (SSSR count). The molecule has 0 aliphatic carbocycles. The van der Waals surface area contributed by atoms with Gasteiger partial charge in [0.1, 0.15) is 0 Å². The number of carbonyl (C=O) groups excluding carboxylic acids is 1. The molecule has 0 fully saturated rings. The molecule has 106 valence electrons. The van der Waals surface area contributed by atoms with Gasteiger partial charge in [-0.25, -0.2) is 0 Å². The maximum atomic E-state index is 12.1. The SMILES string of the molecule is CCCCNc1ccc(N)cc1C(=O)NCCOC. The molecule has 0 saturated carbocycles. The quantitative estimate of drug-likeness (QED) is 0.495. The van der Waals surface area contributed by atoms with E-state index >= 15 is 0 Å². The molecule has 0 bridgehead atoms. The zero-order valence-corrected chi connectivity index (χ0v) is 11.7. The third-order valence-electron chi connectivity index (χ3n) is 2.73. The van der Waals surface area contributed by atoms with Gasteiger partial charge >= 0.3 is 0 Å². The minimum absolute atomic E-state index is 0.136. The van der Waals surface area contributed by atoms with E-state index in [1.807, 2.05) is 6.07 Å². The molecular weight excluding hydrogens is 242 g/mol. The first-order chi connectivity index (χ1) is 9.19. The van der Waals surface area contributed by atoms with E-state index in [4.69, 9.17) is 10.5 Å². The number of anilines is 2. The second-order valence-corrected chi connectivity index (χ2v) is 4.33. The van der Waals surface area contributed by atoms with Gasteiger partial charge in [0, 0.05) is 31.6 Å². The van der Waals surface area contributed by atoms with Crippen LogP contribution in [-0.4, -0.2) is 32.7 Å². The summed E-state index contributed by atoms with van der Waals surface area (Å²) in [5.41, 5.74) is 7.72. The van der Waals surface area contributed by atoms with Crippen LogP contribution in [-0.2, 0) is 4.74 Å². The number of hydrogen-bond donors (Lipinski definition) is 3. The maximum Gasteiger partial charge on any atom is 0.253 e. The van der Waals surface area contributed by atoms with Crippen LogP contribution in [0, 0.1) is 0 Å². The predicted molar refractivity (Wildman–Crippen MR) is 78.5 cm³/mol. The first kappa shape index (κ1) is 15.3. The summed E-state index contributed by atoms with van der Waals surface area (Å²) in [6, 6.07) is 5.33.